The van der Waals surface area contributed by atoms with Crippen LogP contribution in [0.4, 0.5) is 21.6 Å². The molecule has 0 atom stereocenters. The van der Waals surface area contributed by atoms with Gasteiger partial charge in [0.15, 0.2) is 17.2 Å². The van der Waals surface area contributed by atoms with Crippen LogP contribution in [0.25, 0.3) is 5.65 Å². The maximum Gasteiger partial charge on any atom is 0.276 e. The average Bonchev–Trinajstić information content (AvgIpc) is 3.51. The number of rotatable bonds is 7. The minimum Gasteiger partial charge on any atom is -0.379 e. The fourth-order valence-electron chi connectivity index (χ4n) is 4.33. The molecule has 3 N–H and O–H groups in total. The van der Waals surface area contributed by atoms with E-state index in [0.29, 0.717) is 23.5 Å². The highest BCUT2D eigenvalue weighted by Gasteiger charge is 2.25. The summed E-state index contributed by atoms with van der Waals surface area (Å²) < 4.78 is 15.5. The van der Waals surface area contributed by atoms with E-state index in [9.17, 15) is 9.18 Å². The van der Waals surface area contributed by atoms with Crippen LogP contribution in [0.5, 0.6) is 0 Å². The summed E-state index contributed by atoms with van der Waals surface area (Å²) in [4.78, 5) is 21.1. The minimum absolute atomic E-state index is 0.0678. The van der Waals surface area contributed by atoms with E-state index in [4.69, 9.17) is 0 Å². The van der Waals surface area contributed by atoms with Crippen LogP contribution in [0.15, 0.2) is 30.7 Å². The first-order valence-corrected chi connectivity index (χ1v) is 11.4. The van der Waals surface area contributed by atoms with Gasteiger partial charge in [-0.2, -0.15) is 0 Å². The molecule has 2 aliphatic rings. The van der Waals surface area contributed by atoms with Crippen molar-refractivity contribution < 1.29 is 9.18 Å². The summed E-state index contributed by atoms with van der Waals surface area (Å²) in [6.45, 7) is 2.26. The Morgan fingerprint density at radius 2 is 1.84 bits per heavy atom. The molecule has 0 bridgehead atoms. The number of nitrogens with one attached hydrogen (secondary N) is 3. The first kappa shape index (κ1) is 20.7. The van der Waals surface area contributed by atoms with Crippen LogP contribution >= 0.6 is 0 Å². The number of carbonyl (C=O) groups excluding carboxylic acids is 1. The molecule has 3 heterocycles. The average molecular weight is 438 g/mol. The lowest BCUT2D eigenvalue weighted by Gasteiger charge is -2.28. The van der Waals surface area contributed by atoms with E-state index in [0.717, 1.165) is 43.5 Å². The highest BCUT2D eigenvalue weighted by molar-refractivity contribution is 6.03. The highest BCUT2D eigenvalue weighted by Crippen LogP contribution is 2.31. The molecule has 2 fully saturated rings. The van der Waals surface area contributed by atoms with Gasteiger partial charge in [0.05, 0.1) is 23.8 Å². The quantitative estimate of drug-likeness (QED) is 0.505. The zero-order valence-corrected chi connectivity index (χ0v) is 18.1. The monoisotopic (exact) mass is 437 g/mol. The summed E-state index contributed by atoms with van der Waals surface area (Å²) in [5, 5.41) is 14.3. The molecular weight excluding hydrogens is 409 g/mol. The Kier molecular flexibility index (Phi) is 5.63. The van der Waals surface area contributed by atoms with Crippen LogP contribution in [0.3, 0.4) is 0 Å². The van der Waals surface area contributed by atoms with Gasteiger partial charge in [0.25, 0.3) is 5.91 Å². The Bertz CT molecular complexity index is 1120. The number of nitrogens with zero attached hydrogens (tertiary/aromatic N) is 4. The number of imidazole rings is 1. The van der Waals surface area contributed by atoms with E-state index >= 15 is 0 Å². The molecule has 5 rings (SSSR count). The summed E-state index contributed by atoms with van der Waals surface area (Å²) in [7, 11) is 0. The van der Waals surface area contributed by atoms with Crippen LogP contribution in [0.1, 0.15) is 62.4 Å². The normalized spacial score (nSPS) is 20.8. The molecule has 168 valence electrons. The molecule has 2 aliphatic carbocycles. The second-order valence-corrected chi connectivity index (χ2v) is 8.82. The van der Waals surface area contributed by atoms with Crippen LogP contribution in [-0.2, 0) is 0 Å². The molecule has 2 saturated carbocycles. The number of hydrogen-bond acceptors (Lipinski definition) is 6. The zero-order chi connectivity index (χ0) is 22.1. The fourth-order valence-corrected chi connectivity index (χ4v) is 4.33. The van der Waals surface area contributed by atoms with Gasteiger partial charge in [0.1, 0.15) is 5.82 Å². The highest BCUT2D eigenvalue weighted by atomic mass is 19.1. The number of halogens is 1. The number of carbonyl (C=O) groups is 1. The van der Waals surface area contributed by atoms with Gasteiger partial charge >= 0.3 is 0 Å². The number of aromatic nitrogens is 4. The van der Waals surface area contributed by atoms with E-state index in [-0.39, 0.29) is 11.4 Å². The van der Waals surface area contributed by atoms with Gasteiger partial charge in [-0.3, -0.25) is 9.78 Å². The molecular formula is C23H28FN7O. The van der Waals surface area contributed by atoms with Crippen molar-refractivity contribution in [1.29, 1.82) is 0 Å². The first-order valence-electron chi connectivity index (χ1n) is 11.4. The van der Waals surface area contributed by atoms with Gasteiger partial charge in [-0.1, -0.05) is 13.3 Å². The van der Waals surface area contributed by atoms with Crippen molar-refractivity contribution >= 4 is 28.7 Å². The molecule has 3 aromatic rings. The standard InChI is InChI=1S/C23H28FN7O/c1-2-14-3-5-16(6-4-14)28-21-11-19(27-15-7-8-15)22-26-13-20(31(22)30-21)23(32)29-18-9-10-25-12-17(18)24/h9-16,27H,2-8H2,1H3,(H,28,30)(H,25,29,32). The van der Waals surface area contributed by atoms with Crippen LogP contribution < -0.4 is 16.0 Å². The molecule has 8 nitrogen and oxygen atoms in total. The van der Waals surface area contributed by atoms with Gasteiger partial charge in [-0.15, -0.1) is 5.10 Å². The summed E-state index contributed by atoms with van der Waals surface area (Å²) in [5.74, 6) is 0.452. The fraction of sp³-hybridized carbons (Fsp3) is 0.478. The Hall–Kier alpha value is -3.23. The largest absolute Gasteiger partial charge is 0.379 e. The minimum atomic E-state index is -0.594. The number of anilines is 3. The molecule has 0 spiro atoms. The van der Waals surface area contributed by atoms with Crippen LogP contribution in [0, 0.1) is 11.7 Å². The Labute approximate surface area is 186 Å². The second-order valence-electron chi connectivity index (χ2n) is 8.82. The van der Waals surface area contributed by atoms with Gasteiger partial charge in [0, 0.05) is 24.3 Å². The SMILES string of the molecule is CCC1CCC(Nc2cc(NC3CC3)c3ncc(C(=O)Nc4ccncc4F)n3n2)CC1. The predicted octanol–water partition coefficient (Wildman–Crippen LogP) is 4.47. The van der Waals surface area contributed by atoms with Gasteiger partial charge < -0.3 is 16.0 Å². The molecule has 0 unspecified atom stereocenters. The Balaban J connectivity index is 1.43. The van der Waals surface area contributed by atoms with Crippen molar-refractivity contribution in [2.75, 3.05) is 16.0 Å². The zero-order valence-electron chi connectivity index (χ0n) is 18.1. The predicted molar refractivity (Wildman–Crippen MR) is 121 cm³/mol. The third-order valence-corrected chi connectivity index (χ3v) is 6.43. The summed E-state index contributed by atoms with van der Waals surface area (Å²) in [6, 6.07) is 4.19. The lowest BCUT2D eigenvalue weighted by atomic mass is 9.84. The maximum absolute atomic E-state index is 14.0. The van der Waals surface area contributed by atoms with E-state index in [1.54, 1.807) is 4.52 Å². The van der Waals surface area contributed by atoms with Crippen molar-refractivity contribution in [3.8, 4) is 0 Å². The van der Waals surface area contributed by atoms with Crippen LogP contribution in [-0.4, -0.2) is 37.6 Å². The number of pyridine rings is 1. The van der Waals surface area contributed by atoms with Crippen LogP contribution in [0.2, 0.25) is 0 Å². The molecule has 0 aromatic carbocycles. The van der Waals surface area contributed by atoms with E-state index in [2.05, 4.69) is 37.9 Å². The Morgan fingerprint density at radius 3 is 2.56 bits per heavy atom. The van der Waals surface area contributed by atoms with Crippen molar-refractivity contribution in [3.63, 3.8) is 0 Å². The first-order chi connectivity index (χ1) is 15.6. The maximum atomic E-state index is 14.0. The van der Waals surface area contributed by atoms with E-state index in [1.807, 2.05) is 6.07 Å². The summed E-state index contributed by atoms with van der Waals surface area (Å²) in [6.07, 6.45) is 12.1. The third kappa shape index (κ3) is 4.37. The lowest BCUT2D eigenvalue weighted by molar-refractivity contribution is 0.102. The lowest BCUT2D eigenvalue weighted by Crippen LogP contribution is -2.27. The van der Waals surface area contributed by atoms with Gasteiger partial charge in [0.2, 0.25) is 0 Å². The smallest absolute Gasteiger partial charge is 0.276 e. The van der Waals surface area contributed by atoms with Crippen molar-refractivity contribution in [1.82, 2.24) is 19.6 Å². The number of fused-ring (bicyclic) bond motifs is 1. The summed E-state index contributed by atoms with van der Waals surface area (Å²) in [5.41, 5.74) is 1.74. The second kappa shape index (κ2) is 8.72. The molecule has 0 radical (unpaired) electrons. The molecule has 9 heteroatoms. The summed E-state index contributed by atoms with van der Waals surface area (Å²) >= 11 is 0. The third-order valence-electron chi connectivity index (χ3n) is 6.43. The van der Waals surface area contributed by atoms with Crippen molar-refractivity contribution in [2.24, 2.45) is 5.92 Å². The molecule has 0 aliphatic heterocycles. The van der Waals surface area contributed by atoms with Crippen molar-refractivity contribution in [2.45, 2.75) is 64.0 Å². The van der Waals surface area contributed by atoms with Gasteiger partial charge in [-0.25, -0.2) is 13.9 Å². The number of hydrogen-bond donors (Lipinski definition) is 3. The molecule has 3 aromatic heterocycles. The van der Waals surface area contributed by atoms with Crippen molar-refractivity contribution in [3.05, 3.63) is 42.2 Å². The topological polar surface area (TPSA) is 96.2 Å². The van der Waals surface area contributed by atoms with Gasteiger partial charge in [-0.05, 0) is 50.5 Å². The van der Waals surface area contributed by atoms with E-state index in [1.165, 1.54) is 37.7 Å². The number of amides is 1. The Morgan fingerprint density at radius 1 is 1.09 bits per heavy atom. The molecule has 32 heavy (non-hydrogen) atoms. The van der Waals surface area contributed by atoms with E-state index < -0.39 is 11.7 Å². The molecule has 0 saturated heterocycles. The molecule has 1 amide bonds.